The van der Waals surface area contributed by atoms with Gasteiger partial charge in [0.25, 0.3) is 0 Å². The molecule has 0 unspecified atom stereocenters. The number of nitrogens with zero attached hydrogens (tertiary/aromatic N) is 5. The Morgan fingerprint density at radius 3 is 1.57 bits per heavy atom. The van der Waals surface area contributed by atoms with Gasteiger partial charge in [-0.2, -0.15) is 0 Å². The van der Waals surface area contributed by atoms with Gasteiger partial charge >= 0.3 is 0 Å². The number of fused-ring (bicyclic) bond motifs is 4. The lowest BCUT2D eigenvalue weighted by Gasteiger charge is -2.12. The zero-order valence-electron chi connectivity index (χ0n) is 25.1. The second-order valence-electron chi connectivity index (χ2n) is 11.3. The molecular weight excluding hydrogens is 578 g/mol. The Morgan fingerprint density at radius 1 is 0.362 bits per heavy atom. The van der Waals surface area contributed by atoms with Crippen LogP contribution in [-0.4, -0.2) is 24.9 Å². The molecular formula is C41H25N5O. The molecule has 6 heteroatoms. The minimum absolute atomic E-state index is 0.578. The Hall–Kier alpha value is -6.53. The van der Waals surface area contributed by atoms with Gasteiger partial charge in [-0.15, -0.1) is 0 Å². The molecule has 3 aromatic heterocycles. The van der Waals surface area contributed by atoms with Gasteiger partial charge in [0.1, 0.15) is 16.9 Å². The second-order valence-corrected chi connectivity index (χ2v) is 11.3. The monoisotopic (exact) mass is 603 g/mol. The van der Waals surface area contributed by atoms with Crippen LogP contribution in [0.4, 0.5) is 0 Å². The summed E-state index contributed by atoms with van der Waals surface area (Å²) in [6.07, 6.45) is 0. The first-order valence-corrected chi connectivity index (χ1v) is 15.4. The average Bonchev–Trinajstić information content (AvgIpc) is 3.54. The fourth-order valence-corrected chi connectivity index (χ4v) is 6.07. The fourth-order valence-electron chi connectivity index (χ4n) is 6.07. The maximum atomic E-state index is 6.45. The van der Waals surface area contributed by atoms with Crippen LogP contribution < -0.4 is 0 Å². The van der Waals surface area contributed by atoms with E-state index in [0.29, 0.717) is 17.5 Å². The summed E-state index contributed by atoms with van der Waals surface area (Å²) in [4.78, 5) is 25.2. The molecule has 0 amide bonds. The molecule has 0 N–H and O–H groups in total. The molecule has 0 fully saturated rings. The highest BCUT2D eigenvalue weighted by Gasteiger charge is 2.20. The van der Waals surface area contributed by atoms with Crippen LogP contribution in [0.15, 0.2) is 156 Å². The summed E-state index contributed by atoms with van der Waals surface area (Å²) in [5.41, 5.74) is 9.22. The van der Waals surface area contributed by atoms with E-state index in [1.807, 2.05) is 115 Å². The molecule has 0 radical (unpaired) electrons. The quantitative estimate of drug-likeness (QED) is 0.195. The van der Waals surface area contributed by atoms with Crippen LogP contribution in [0.25, 0.3) is 89.7 Å². The number of furan rings is 1. The first-order chi connectivity index (χ1) is 23.3. The van der Waals surface area contributed by atoms with Gasteiger partial charge in [-0.25, -0.2) is 24.9 Å². The molecule has 0 bridgehead atoms. The van der Waals surface area contributed by atoms with Crippen LogP contribution in [0.5, 0.6) is 0 Å². The molecule has 0 spiro atoms. The third kappa shape index (κ3) is 4.80. The largest absolute Gasteiger partial charge is 0.455 e. The number of benzene rings is 6. The summed E-state index contributed by atoms with van der Waals surface area (Å²) in [5, 5.41) is 2.11. The van der Waals surface area contributed by atoms with E-state index in [4.69, 9.17) is 29.3 Å². The van der Waals surface area contributed by atoms with E-state index in [9.17, 15) is 0 Å². The van der Waals surface area contributed by atoms with Crippen molar-refractivity contribution < 1.29 is 4.42 Å². The summed E-state index contributed by atoms with van der Waals surface area (Å²) in [6.45, 7) is 0. The Bertz CT molecular complexity index is 2520. The van der Waals surface area contributed by atoms with E-state index in [1.165, 1.54) is 0 Å². The average molecular weight is 604 g/mol. The number of aromatic nitrogens is 5. The third-order valence-electron chi connectivity index (χ3n) is 8.32. The first kappa shape index (κ1) is 26.8. The van der Waals surface area contributed by atoms with E-state index in [2.05, 4.69) is 36.4 Å². The number of hydrogen-bond acceptors (Lipinski definition) is 6. The van der Waals surface area contributed by atoms with Crippen molar-refractivity contribution >= 4 is 33.0 Å². The van der Waals surface area contributed by atoms with Gasteiger partial charge in [-0.3, -0.25) is 0 Å². The molecule has 0 aliphatic heterocycles. The standard InChI is InChI=1S/C41H25N5O/c1-3-13-26(14-4-1)39-44-40(27-15-5-2-6-16-27)46-41(45-39)29-18-11-17-28(25-29)36-37(43-34-23-9-8-22-33(34)42-36)32-21-12-20-31-30-19-7-10-24-35(30)47-38(31)32/h1-25H. The second kappa shape index (κ2) is 11.1. The maximum Gasteiger partial charge on any atom is 0.164 e. The smallest absolute Gasteiger partial charge is 0.164 e. The fraction of sp³-hybridized carbons (Fsp3) is 0. The summed E-state index contributed by atoms with van der Waals surface area (Å²) < 4.78 is 6.45. The molecule has 6 nitrogen and oxygen atoms in total. The van der Waals surface area contributed by atoms with E-state index in [-0.39, 0.29) is 0 Å². The summed E-state index contributed by atoms with van der Waals surface area (Å²) in [6, 6.07) is 50.4. The van der Waals surface area contributed by atoms with Gasteiger partial charge in [-0.1, -0.05) is 121 Å². The zero-order chi connectivity index (χ0) is 31.2. The molecule has 9 aromatic rings. The predicted octanol–water partition coefficient (Wildman–Crippen LogP) is 10.0. The van der Waals surface area contributed by atoms with Gasteiger partial charge in [-0.05, 0) is 30.3 Å². The van der Waals surface area contributed by atoms with Crippen molar-refractivity contribution in [3.8, 4) is 56.7 Å². The lowest BCUT2D eigenvalue weighted by Crippen LogP contribution is -2.00. The normalized spacial score (nSPS) is 11.4. The molecule has 47 heavy (non-hydrogen) atoms. The van der Waals surface area contributed by atoms with Crippen molar-refractivity contribution in [1.82, 2.24) is 24.9 Å². The van der Waals surface area contributed by atoms with Crippen molar-refractivity contribution in [3.05, 3.63) is 152 Å². The van der Waals surface area contributed by atoms with Crippen LogP contribution in [0.2, 0.25) is 0 Å². The minimum atomic E-state index is 0.578. The van der Waals surface area contributed by atoms with Crippen LogP contribution in [0, 0.1) is 0 Å². The van der Waals surface area contributed by atoms with Gasteiger partial charge < -0.3 is 4.42 Å². The lowest BCUT2D eigenvalue weighted by atomic mass is 9.99. The van der Waals surface area contributed by atoms with Crippen LogP contribution in [-0.2, 0) is 0 Å². The highest BCUT2D eigenvalue weighted by atomic mass is 16.3. The summed E-state index contributed by atoms with van der Waals surface area (Å²) in [7, 11) is 0. The summed E-state index contributed by atoms with van der Waals surface area (Å²) in [5.74, 6) is 1.81. The molecule has 0 aliphatic carbocycles. The van der Waals surface area contributed by atoms with Crippen molar-refractivity contribution in [3.63, 3.8) is 0 Å². The maximum absolute atomic E-state index is 6.45. The summed E-state index contributed by atoms with van der Waals surface area (Å²) >= 11 is 0. The molecule has 3 heterocycles. The molecule has 9 rings (SSSR count). The first-order valence-electron chi connectivity index (χ1n) is 15.4. The predicted molar refractivity (Wildman–Crippen MR) is 187 cm³/mol. The molecule has 0 saturated heterocycles. The van der Waals surface area contributed by atoms with Crippen molar-refractivity contribution in [2.75, 3.05) is 0 Å². The Balaban J connectivity index is 1.25. The Labute approximate surface area is 270 Å². The van der Waals surface area contributed by atoms with E-state index in [0.717, 1.165) is 72.2 Å². The van der Waals surface area contributed by atoms with Crippen molar-refractivity contribution in [2.24, 2.45) is 0 Å². The molecule has 0 aliphatic rings. The van der Waals surface area contributed by atoms with Crippen LogP contribution >= 0.6 is 0 Å². The van der Waals surface area contributed by atoms with E-state index < -0.39 is 0 Å². The SMILES string of the molecule is c1ccc(-c2nc(-c3ccccc3)nc(-c3cccc(-c4nc5ccccc5nc4-c4cccc5c4oc4ccccc45)c3)n2)cc1. The lowest BCUT2D eigenvalue weighted by molar-refractivity contribution is 0.670. The number of rotatable bonds is 5. The zero-order valence-corrected chi connectivity index (χ0v) is 25.1. The van der Waals surface area contributed by atoms with Crippen molar-refractivity contribution in [2.45, 2.75) is 0 Å². The third-order valence-corrected chi connectivity index (χ3v) is 8.32. The van der Waals surface area contributed by atoms with E-state index >= 15 is 0 Å². The minimum Gasteiger partial charge on any atom is -0.455 e. The van der Waals surface area contributed by atoms with E-state index in [1.54, 1.807) is 0 Å². The van der Waals surface area contributed by atoms with Gasteiger partial charge in [0.05, 0.1) is 16.7 Å². The molecule has 220 valence electrons. The van der Waals surface area contributed by atoms with Gasteiger partial charge in [0.15, 0.2) is 17.5 Å². The highest BCUT2D eigenvalue weighted by molar-refractivity contribution is 6.10. The van der Waals surface area contributed by atoms with Crippen LogP contribution in [0.1, 0.15) is 0 Å². The number of para-hydroxylation sites is 4. The Morgan fingerprint density at radius 2 is 0.872 bits per heavy atom. The molecule has 0 saturated carbocycles. The topological polar surface area (TPSA) is 77.6 Å². The van der Waals surface area contributed by atoms with Crippen LogP contribution in [0.3, 0.4) is 0 Å². The number of hydrogen-bond donors (Lipinski definition) is 0. The van der Waals surface area contributed by atoms with Crippen molar-refractivity contribution in [1.29, 1.82) is 0 Å². The Kier molecular flexibility index (Phi) is 6.35. The van der Waals surface area contributed by atoms with Gasteiger partial charge in [0.2, 0.25) is 0 Å². The molecule has 0 atom stereocenters. The van der Waals surface area contributed by atoms with Gasteiger partial charge in [0, 0.05) is 38.6 Å². The molecule has 6 aromatic carbocycles. The highest BCUT2D eigenvalue weighted by Crippen LogP contribution is 2.39.